The molecule has 0 radical (unpaired) electrons. The lowest BCUT2D eigenvalue weighted by molar-refractivity contribution is 0.0727. The number of nitrogens with zero attached hydrogens (tertiary/aromatic N) is 3. The number of carbonyl (C=O) groups is 1. The number of amides is 1. The third kappa shape index (κ3) is 2.03. The number of rotatable bonds is 3. The van der Waals surface area contributed by atoms with Crippen molar-refractivity contribution in [3.63, 3.8) is 0 Å². The highest BCUT2D eigenvalue weighted by molar-refractivity contribution is 5.93. The maximum Gasteiger partial charge on any atom is 0.257 e. The van der Waals surface area contributed by atoms with Crippen LogP contribution >= 0.6 is 0 Å². The van der Waals surface area contributed by atoms with Gasteiger partial charge in [-0.05, 0) is 25.7 Å². The van der Waals surface area contributed by atoms with Gasteiger partial charge in [-0.25, -0.2) is 0 Å². The second kappa shape index (κ2) is 3.68. The summed E-state index contributed by atoms with van der Waals surface area (Å²) in [6, 6.07) is 0.345. The second-order valence-corrected chi connectivity index (χ2v) is 4.40. The van der Waals surface area contributed by atoms with Crippen LogP contribution in [0, 0.1) is 5.92 Å². The molecule has 0 spiro atoms. The topological polar surface area (TPSA) is 38.1 Å². The molecule has 0 N–H and O–H groups in total. The highest BCUT2D eigenvalue weighted by Crippen LogP contribution is 2.34. The van der Waals surface area contributed by atoms with Crippen molar-refractivity contribution in [2.45, 2.75) is 25.8 Å². The Morgan fingerprint density at radius 1 is 1.67 bits per heavy atom. The average Bonchev–Trinajstić information content (AvgIpc) is 2.98. The summed E-state index contributed by atoms with van der Waals surface area (Å²) in [6.07, 6.45) is 5.90. The van der Waals surface area contributed by atoms with Crippen LogP contribution in [0.2, 0.25) is 0 Å². The molecule has 1 atom stereocenters. The molecule has 1 aliphatic rings. The largest absolute Gasteiger partial charge is 0.339 e. The Bertz CT molecular complexity index is 368. The smallest absolute Gasteiger partial charge is 0.257 e. The molecule has 15 heavy (non-hydrogen) atoms. The maximum absolute atomic E-state index is 12.0. The van der Waals surface area contributed by atoms with Gasteiger partial charge in [0.15, 0.2) is 0 Å². The molecule has 0 aromatic carbocycles. The number of aromatic nitrogens is 2. The van der Waals surface area contributed by atoms with Crippen molar-refractivity contribution in [3.8, 4) is 0 Å². The van der Waals surface area contributed by atoms with Crippen LogP contribution in [0.4, 0.5) is 0 Å². The Balaban J connectivity index is 2.06. The summed E-state index contributed by atoms with van der Waals surface area (Å²) in [6.45, 7) is 2.12. The molecule has 1 fully saturated rings. The zero-order valence-electron chi connectivity index (χ0n) is 9.47. The summed E-state index contributed by atoms with van der Waals surface area (Å²) >= 11 is 0. The van der Waals surface area contributed by atoms with Crippen LogP contribution in [0.3, 0.4) is 0 Å². The zero-order valence-corrected chi connectivity index (χ0v) is 9.47. The minimum absolute atomic E-state index is 0.0718. The molecular weight excluding hydrogens is 190 g/mol. The van der Waals surface area contributed by atoms with Gasteiger partial charge in [0.05, 0.1) is 11.8 Å². The summed E-state index contributed by atoms with van der Waals surface area (Å²) in [5.74, 6) is 0.776. The van der Waals surface area contributed by atoms with Crippen LogP contribution < -0.4 is 0 Å². The van der Waals surface area contributed by atoms with E-state index in [-0.39, 0.29) is 5.91 Å². The van der Waals surface area contributed by atoms with Gasteiger partial charge in [-0.15, -0.1) is 0 Å². The number of carbonyl (C=O) groups excluding carboxylic acids is 1. The summed E-state index contributed by atoms with van der Waals surface area (Å²) in [5, 5.41) is 4.01. The molecule has 1 saturated carbocycles. The molecule has 4 heteroatoms. The van der Waals surface area contributed by atoms with E-state index in [1.54, 1.807) is 17.1 Å². The molecule has 1 aromatic rings. The minimum atomic E-state index is 0.0718. The van der Waals surface area contributed by atoms with E-state index in [0.29, 0.717) is 17.5 Å². The van der Waals surface area contributed by atoms with Crippen molar-refractivity contribution < 1.29 is 4.79 Å². The first kappa shape index (κ1) is 10.2. The van der Waals surface area contributed by atoms with Gasteiger partial charge in [0.25, 0.3) is 5.91 Å². The van der Waals surface area contributed by atoms with Gasteiger partial charge in [0.2, 0.25) is 0 Å². The fraction of sp³-hybridized carbons (Fsp3) is 0.636. The Morgan fingerprint density at radius 2 is 2.33 bits per heavy atom. The lowest BCUT2D eigenvalue weighted by Crippen LogP contribution is -2.36. The van der Waals surface area contributed by atoms with Gasteiger partial charge in [0, 0.05) is 26.3 Å². The van der Waals surface area contributed by atoms with E-state index in [1.165, 1.54) is 12.8 Å². The maximum atomic E-state index is 12.0. The average molecular weight is 207 g/mol. The van der Waals surface area contributed by atoms with Gasteiger partial charge in [-0.1, -0.05) is 0 Å². The monoisotopic (exact) mass is 207 g/mol. The summed E-state index contributed by atoms with van der Waals surface area (Å²) < 4.78 is 1.66. The SMILES string of the molecule is C[C@@H](C1CC1)N(C)C(=O)c1cnn(C)c1. The van der Waals surface area contributed by atoms with Crippen LogP contribution in [0.15, 0.2) is 12.4 Å². The van der Waals surface area contributed by atoms with E-state index < -0.39 is 0 Å². The summed E-state index contributed by atoms with van der Waals surface area (Å²) in [5.41, 5.74) is 0.674. The van der Waals surface area contributed by atoms with Crippen molar-refractivity contribution in [1.29, 1.82) is 0 Å². The molecule has 1 heterocycles. The number of aryl methyl sites for hydroxylation is 1. The minimum Gasteiger partial charge on any atom is -0.339 e. The molecule has 0 unspecified atom stereocenters. The number of hydrogen-bond donors (Lipinski definition) is 0. The van der Waals surface area contributed by atoms with E-state index in [2.05, 4.69) is 12.0 Å². The van der Waals surface area contributed by atoms with Gasteiger partial charge >= 0.3 is 0 Å². The predicted molar refractivity (Wildman–Crippen MR) is 57.5 cm³/mol. The molecule has 82 valence electrons. The first-order valence-electron chi connectivity index (χ1n) is 5.35. The van der Waals surface area contributed by atoms with Crippen LogP contribution in [0.1, 0.15) is 30.1 Å². The van der Waals surface area contributed by atoms with Gasteiger partial charge in [0.1, 0.15) is 0 Å². The Hall–Kier alpha value is -1.32. The molecule has 0 aliphatic heterocycles. The Labute approximate surface area is 89.9 Å². The Morgan fingerprint density at radius 3 is 2.80 bits per heavy atom. The first-order chi connectivity index (χ1) is 7.09. The molecule has 0 bridgehead atoms. The van der Waals surface area contributed by atoms with Crippen LogP contribution in [0.25, 0.3) is 0 Å². The quantitative estimate of drug-likeness (QED) is 0.749. The second-order valence-electron chi connectivity index (χ2n) is 4.40. The number of hydrogen-bond acceptors (Lipinski definition) is 2. The van der Waals surface area contributed by atoms with Crippen LogP contribution in [0.5, 0.6) is 0 Å². The van der Waals surface area contributed by atoms with Crippen molar-refractivity contribution in [2.24, 2.45) is 13.0 Å². The molecule has 1 amide bonds. The lowest BCUT2D eigenvalue weighted by atomic mass is 10.1. The Kier molecular flexibility index (Phi) is 2.50. The van der Waals surface area contributed by atoms with Gasteiger partial charge in [-0.2, -0.15) is 5.10 Å². The first-order valence-corrected chi connectivity index (χ1v) is 5.35. The summed E-state index contributed by atoms with van der Waals surface area (Å²) in [4.78, 5) is 13.8. The fourth-order valence-corrected chi connectivity index (χ4v) is 1.82. The van der Waals surface area contributed by atoms with E-state index in [1.807, 2.05) is 19.0 Å². The predicted octanol–water partition coefficient (Wildman–Crippen LogP) is 1.29. The highest BCUT2D eigenvalue weighted by atomic mass is 16.2. The lowest BCUT2D eigenvalue weighted by Gasteiger charge is -2.24. The van der Waals surface area contributed by atoms with E-state index >= 15 is 0 Å². The van der Waals surface area contributed by atoms with Crippen LogP contribution in [-0.2, 0) is 7.05 Å². The van der Waals surface area contributed by atoms with Crippen molar-refractivity contribution in [2.75, 3.05) is 7.05 Å². The standard InChI is InChI=1S/C11H17N3O/c1-8(9-4-5-9)14(3)11(15)10-6-12-13(2)7-10/h6-9H,4-5H2,1-3H3/t8-/m0/s1. The van der Waals surface area contributed by atoms with Crippen LogP contribution in [-0.4, -0.2) is 33.7 Å². The van der Waals surface area contributed by atoms with Crippen molar-refractivity contribution in [3.05, 3.63) is 18.0 Å². The molecule has 1 aliphatic carbocycles. The third-order valence-electron chi connectivity index (χ3n) is 3.19. The molecule has 4 nitrogen and oxygen atoms in total. The van der Waals surface area contributed by atoms with E-state index in [9.17, 15) is 4.79 Å². The molecule has 0 saturated heterocycles. The van der Waals surface area contributed by atoms with Crippen molar-refractivity contribution >= 4 is 5.91 Å². The molecular formula is C11H17N3O. The van der Waals surface area contributed by atoms with Crippen molar-refractivity contribution in [1.82, 2.24) is 14.7 Å². The molecule has 1 aromatic heterocycles. The zero-order chi connectivity index (χ0) is 11.0. The third-order valence-corrected chi connectivity index (χ3v) is 3.19. The normalized spacial score (nSPS) is 17.5. The van der Waals surface area contributed by atoms with E-state index in [0.717, 1.165) is 0 Å². The highest BCUT2D eigenvalue weighted by Gasteiger charge is 2.32. The van der Waals surface area contributed by atoms with Gasteiger partial charge < -0.3 is 4.90 Å². The molecule has 2 rings (SSSR count). The fourth-order valence-electron chi connectivity index (χ4n) is 1.82. The summed E-state index contributed by atoms with van der Waals surface area (Å²) in [7, 11) is 3.69. The van der Waals surface area contributed by atoms with E-state index in [4.69, 9.17) is 0 Å². The van der Waals surface area contributed by atoms with Gasteiger partial charge in [-0.3, -0.25) is 9.48 Å².